The highest BCUT2D eigenvalue weighted by Crippen LogP contribution is 2.33. The Bertz CT molecular complexity index is 122. The molecule has 0 amide bonds. The fraction of sp³-hybridized carbons (Fsp3) is 1.00. The summed E-state index contributed by atoms with van der Waals surface area (Å²) in [5.74, 6) is 0.812. The molecule has 0 bridgehead atoms. The number of hydrogen-bond donors (Lipinski definition) is 1. The molecule has 0 heterocycles. The van der Waals surface area contributed by atoms with Crippen molar-refractivity contribution in [3.63, 3.8) is 0 Å². The van der Waals surface area contributed by atoms with Gasteiger partial charge in [0.1, 0.15) is 0 Å². The lowest BCUT2D eigenvalue weighted by atomic mass is 10.1. The number of nitrogens with zero attached hydrogens (tertiary/aromatic N) is 1. The largest absolute Gasteiger partial charge is 0.313 e. The molecule has 0 aliphatic heterocycles. The van der Waals surface area contributed by atoms with Gasteiger partial charge in [-0.2, -0.15) is 0 Å². The molecule has 1 aliphatic rings. The SMILES string of the molecule is CC1CCC(N)(N(C)C)C1. The van der Waals surface area contributed by atoms with E-state index < -0.39 is 0 Å². The van der Waals surface area contributed by atoms with E-state index in [1.807, 2.05) is 0 Å². The molecule has 2 nitrogen and oxygen atoms in total. The van der Waals surface area contributed by atoms with Gasteiger partial charge in [-0.3, -0.25) is 4.90 Å². The van der Waals surface area contributed by atoms with E-state index in [-0.39, 0.29) is 5.66 Å². The summed E-state index contributed by atoms with van der Waals surface area (Å²) in [6.07, 6.45) is 3.59. The van der Waals surface area contributed by atoms with E-state index in [0.717, 1.165) is 18.8 Å². The van der Waals surface area contributed by atoms with Crippen molar-refractivity contribution in [3.8, 4) is 0 Å². The third kappa shape index (κ3) is 1.32. The highest BCUT2D eigenvalue weighted by Gasteiger charge is 2.35. The molecule has 10 heavy (non-hydrogen) atoms. The van der Waals surface area contributed by atoms with Crippen LogP contribution < -0.4 is 5.73 Å². The fourth-order valence-electron chi connectivity index (χ4n) is 1.71. The molecule has 2 unspecified atom stereocenters. The molecule has 0 aromatic carbocycles. The summed E-state index contributed by atoms with van der Waals surface area (Å²) in [6, 6.07) is 0. The molecule has 1 rings (SSSR count). The van der Waals surface area contributed by atoms with Gasteiger partial charge in [0.05, 0.1) is 5.66 Å². The predicted molar refractivity (Wildman–Crippen MR) is 43.6 cm³/mol. The molecule has 0 saturated heterocycles. The summed E-state index contributed by atoms with van der Waals surface area (Å²) in [5, 5.41) is 0. The second kappa shape index (κ2) is 2.51. The monoisotopic (exact) mass is 142 g/mol. The topological polar surface area (TPSA) is 29.3 Å². The first-order valence-corrected chi connectivity index (χ1v) is 4.01. The predicted octanol–water partition coefficient (Wildman–Crippen LogP) is 1.02. The van der Waals surface area contributed by atoms with E-state index in [1.54, 1.807) is 0 Å². The van der Waals surface area contributed by atoms with Crippen LogP contribution in [0.25, 0.3) is 0 Å². The van der Waals surface area contributed by atoms with Gasteiger partial charge in [-0.05, 0) is 39.3 Å². The third-order valence-electron chi connectivity index (χ3n) is 2.66. The Hall–Kier alpha value is -0.0800. The third-order valence-corrected chi connectivity index (χ3v) is 2.66. The van der Waals surface area contributed by atoms with Crippen molar-refractivity contribution in [2.45, 2.75) is 31.8 Å². The summed E-state index contributed by atoms with van der Waals surface area (Å²) < 4.78 is 0. The molecule has 1 saturated carbocycles. The van der Waals surface area contributed by atoms with Gasteiger partial charge in [0.25, 0.3) is 0 Å². The Labute approximate surface area is 63.4 Å². The molecule has 0 radical (unpaired) electrons. The van der Waals surface area contributed by atoms with Crippen LogP contribution in [0.1, 0.15) is 26.2 Å². The lowest BCUT2D eigenvalue weighted by Crippen LogP contribution is -2.50. The van der Waals surface area contributed by atoms with Gasteiger partial charge >= 0.3 is 0 Å². The van der Waals surface area contributed by atoms with Gasteiger partial charge in [-0.1, -0.05) is 6.92 Å². The summed E-state index contributed by atoms with van der Waals surface area (Å²) >= 11 is 0. The van der Waals surface area contributed by atoms with E-state index in [1.165, 1.54) is 6.42 Å². The van der Waals surface area contributed by atoms with Crippen LogP contribution >= 0.6 is 0 Å². The zero-order chi connectivity index (χ0) is 7.78. The zero-order valence-corrected chi connectivity index (χ0v) is 7.22. The Kier molecular flexibility index (Phi) is 2.02. The van der Waals surface area contributed by atoms with Crippen molar-refractivity contribution in [1.82, 2.24) is 4.90 Å². The van der Waals surface area contributed by atoms with Crippen molar-refractivity contribution in [3.05, 3.63) is 0 Å². The van der Waals surface area contributed by atoms with Gasteiger partial charge in [-0.15, -0.1) is 0 Å². The van der Waals surface area contributed by atoms with E-state index in [9.17, 15) is 0 Å². The summed E-state index contributed by atoms with van der Waals surface area (Å²) in [6.45, 7) is 2.28. The minimum Gasteiger partial charge on any atom is -0.313 e. The molecule has 1 aliphatic carbocycles. The standard InChI is InChI=1S/C8H18N2/c1-7-4-5-8(9,6-7)10(2)3/h7H,4-6,9H2,1-3H3. The first-order chi connectivity index (χ1) is 4.54. The van der Waals surface area contributed by atoms with Crippen LogP contribution in [0.5, 0.6) is 0 Å². The van der Waals surface area contributed by atoms with Crippen LogP contribution in [0, 0.1) is 5.92 Å². The first kappa shape index (κ1) is 8.02. The van der Waals surface area contributed by atoms with Crippen molar-refractivity contribution >= 4 is 0 Å². The lowest BCUT2D eigenvalue weighted by molar-refractivity contribution is 0.161. The van der Waals surface area contributed by atoms with Gasteiger partial charge in [0.2, 0.25) is 0 Å². The van der Waals surface area contributed by atoms with Crippen molar-refractivity contribution in [2.24, 2.45) is 11.7 Å². The maximum absolute atomic E-state index is 6.12. The smallest absolute Gasteiger partial charge is 0.0684 e. The van der Waals surface area contributed by atoms with Crippen LogP contribution in [0.3, 0.4) is 0 Å². The zero-order valence-electron chi connectivity index (χ0n) is 7.22. The van der Waals surface area contributed by atoms with Gasteiger partial charge in [-0.25, -0.2) is 0 Å². The molecule has 60 valence electrons. The highest BCUT2D eigenvalue weighted by molar-refractivity contribution is 4.89. The molecule has 0 spiro atoms. The Morgan fingerprint density at radius 3 is 2.30 bits per heavy atom. The van der Waals surface area contributed by atoms with E-state index in [2.05, 4.69) is 25.9 Å². The molecule has 0 aromatic rings. The lowest BCUT2D eigenvalue weighted by Gasteiger charge is -2.31. The maximum atomic E-state index is 6.12. The fourth-order valence-corrected chi connectivity index (χ4v) is 1.71. The summed E-state index contributed by atoms with van der Waals surface area (Å²) in [7, 11) is 4.14. The number of rotatable bonds is 1. The molecular weight excluding hydrogens is 124 g/mol. The van der Waals surface area contributed by atoms with E-state index in [4.69, 9.17) is 5.73 Å². The number of hydrogen-bond acceptors (Lipinski definition) is 2. The minimum atomic E-state index is -0.000579. The summed E-state index contributed by atoms with van der Waals surface area (Å²) in [4.78, 5) is 2.15. The Morgan fingerprint density at radius 1 is 1.50 bits per heavy atom. The summed E-state index contributed by atoms with van der Waals surface area (Å²) in [5.41, 5.74) is 6.12. The van der Waals surface area contributed by atoms with Crippen LogP contribution in [-0.2, 0) is 0 Å². The van der Waals surface area contributed by atoms with Crippen LogP contribution in [0.15, 0.2) is 0 Å². The average molecular weight is 142 g/mol. The maximum Gasteiger partial charge on any atom is 0.0684 e. The van der Waals surface area contributed by atoms with Crippen molar-refractivity contribution < 1.29 is 0 Å². The van der Waals surface area contributed by atoms with E-state index >= 15 is 0 Å². The molecule has 1 fully saturated rings. The molecule has 2 N–H and O–H groups in total. The van der Waals surface area contributed by atoms with Gasteiger partial charge in [0, 0.05) is 0 Å². The molecular formula is C8H18N2. The minimum absolute atomic E-state index is 0.000579. The van der Waals surface area contributed by atoms with Crippen LogP contribution in [-0.4, -0.2) is 24.7 Å². The van der Waals surface area contributed by atoms with Gasteiger partial charge in [0.15, 0.2) is 0 Å². The normalized spacial score (nSPS) is 41.1. The second-order valence-corrected chi connectivity index (χ2v) is 3.85. The Morgan fingerprint density at radius 2 is 2.10 bits per heavy atom. The quantitative estimate of drug-likeness (QED) is 0.554. The van der Waals surface area contributed by atoms with E-state index in [0.29, 0.717) is 0 Å². The molecule has 0 aromatic heterocycles. The highest BCUT2D eigenvalue weighted by atomic mass is 15.2. The molecule has 2 atom stereocenters. The average Bonchev–Trinajstić information content (AvgIpc) is 2.13. The van der Waals surface area contributed by atoms with Crippen LogP contribution in [0.4, 0.5) is 0 Å². The molecule has 2 heteroatoms. The van der Waals surface area contributed by atoms with Crippen molar-refractivity contribution in [1.29, 1.82) is 0 Å². The van der Waals surface area contributed by atoms with Crippen LogP contribution in [0.2, 0.25) is 0 Å². The first-order valence-electron chi connectivity index (χ1n) is 4.01. The van der Waals surface area contributed by atoms with Gasteiger partial charge < -0.3 is 5.73 Å². The number of nitrogens with two attached hydrogens (primary N) is 1. The Balaban J connectivity index is 2.54. The van der Waals surface area contributed by atoms with Crippen molar-refractivity contribution in [2.75, 3.05) is 14.1 Å². The second-order valence-electron chi connectivity index (χ2n) is 3.85.